The summed E-state index contributed by atoms with van der Waals surface area (Å²) in [4.78, 5) is 4.53. The van der Waals surface area contributed by atoms with Gasteiger partial charge in [0.2, 0.25) is 0 Å². The molecule has 0 bridgehead atoms. The van der Waals surface area contributed by atoms with Gasteiger partial charge in [-0.15, -0.1) is 11.3 Å². The average Bonchev–Trinajstić information content (AvgIpc) is 2.71. The van der Waals surface area contributed by atoms with Crippen LogP contribution in [0.5, 0.6) is 0 Å². The Balaban J connectivity index is 2.23. The summed E-state index contributed by atoms with van der Waals surface area (Å²) < 4.78 is 5.73. The number of hydrogen-bond donors (Lipinski definition) is 1. The first kappa shape index (κ1) is 10.1. The summed E-state index contributed by atoms with van der Waals surface area (Å²) in [5.41, 5.74) is 6.59. The third-order valence-electron chi connectivity index (χ3n) is 2.66. The van der Waals surface area contributed by atoms with Crippen LogP contribution in [0, 0.1) is 0 Å². The summed E-state index contributed by atoms with van der Waals surface area (Å²) in [6.45, 7) is 4.92. The Morgan fingerprint density at radius 3 is 3.00 bits per heavy atom. The van der Waals surface area contributed by atoms with E-state index in [1.807, 2.05) is 12.3 Å². The van der Waals surface area contributed by atoms with Gasteiger partial charge >= 0.3 is 0 Å². The largest absolute Gasteiger partial charge is 0.368 e. The van der Waals surface area contributed by atoms with Gasteiger partial charge in [0.25, 0.3) is 0 Å². The Hall–Kier alpha value is -0.450. The van der Waals surface area contributed by atoms with Crippen LogP contribution >= 0.6 is 11.3 Å². The van der Waals surface area contributed by atoms with E-state index in [0.29, 0.717) is 0 Å². The van der Waals surface area contributed by atoms with Crippen molar-refractivity contribution >= 4 is 11.3 Å². The van der Waals surface area contributed by atoms with Crippen LogP contribution in [0.2, 0.25) is 0 Å². The molecule has 1 aliphatic heterocycles. The van der Waals surface area contributed by atoms with E-state index in [4.69, 9.17) is 10.5 Å². The van der Waals surface area contributed by atoms with Crippen LogP contribution in [0.15, 0.2) is 5.38 Å². The van der Waals surface area contributed by atoms with Gasteiger partial charge in [-0.3, -0.25) is 0 Å². The fraction of sp³-hybridized carbons (Fsp3) is 0.700. The van der Waals surface area contributed by atoms with E-state index in [0.717, 1.165) is 30.2 Å². The molecule has 1 fully saturated rings. The van der Waals surface area contributed by atoms with Crippen molar-refractivity contribution in [2.45, 2.75) is 38.3 Å². The van der Waals surface area contributed by atoms with Gasteiger partial charge in [0, 0.05) is 18.0 Å². The highest BCUT2D eigenvalue weighted by Crippen LogP contribution is 2.37. The Kier molecular flexibility index (Phi) is 2.60. The second-order valence-electron chi connectivity index (χ2n) is 4.05. The zero-order valence-electron chi connectivity index (χ0n) is 8.62. The molecule has 14 heavy (non-hydrogen) atoms. The monoisotopic (exact) mass is 212 g/mol. The predicted octanol–water partition coefficient (Wildman–Crippen LogP) is 2.19. The molecule has 0 amide bonds. The highest BCUT2D eigenvalue weighted by atomic mass is 32.1. The molecule has 0 aliphatic carbocycles. The summed E-state index contributed by atoms with van der Waals surface area (Å²) in [5, 5.41) is 3.11. The minimum Gasteiger partial charge on any atom is -0.368 e. The molecule has 0 radical (unpaired) electrons. The first-order valence-corrected chi connectivity index (χ1v) is 5.85. The molecule has 1 aromatic heterocycles. The van der Waals surface area contributed by atoms with Crippen molar-refractivity contribution < 1.29 is 4.74 Å². The van der Waals surface area contributed by atoms with Gasteiger partial charge in [-0.2, -0.15) is 0 Å². The van der Waals surface area contributed by atoms with Gasteiger partial charge < -0.3 is 10.5 Å². The minimum atomic E-state index is -0.155. The molecule has 2 atom stereocenters. The van der Waals surface area contributed by atoms with Crippen molar-refractivity contribution in [1.29, 1.82) is 0 Å². The van der Waals surface area contributed by atoms with Crippen LogP contribution < -0.4 is 5.73 Å². The van der Waals surface area contributed by atoms with Gasteiger partial charge in [0.15, 0.2) is 0 Å². The molecule has 2 unspecified atom stereocenters. The summed E-state index contributed by atoms with van der Waals surface area (Å²) in [6, 6.07) is 0.0185. The van der Waals surface area contributed by atoms with E-state index in [1.54, 1.807) is 11.3 Å². The lowest BCUT2D eigenvalue weighted by Crippen LogP contribution is -2.20. The fourth-order valence-electron chi connectivity index (χ4n) is 1.69. The Labute approximate surface area is 88.3 Å². The maximum Gasteiger partial charge on any atom is 0.125 e. The quantitative estimate of drug-likeness (QED) is 0.817. The molecule has 2 N–H and O–H groups in total. The predicted molar refractivity (Wildman–Crippen MR) is 57.3 cm³/mol. The highest BCUT2D eigenvalue weighted by molar-refractivity contribution is 7.09. The lowest BCUT2D eigenvalue weighted by molar-refractivity contribution is 0.0165. The summed E-state index contributed by atoms with van der Waals surface area (Å²) in [6.07, 6.45) is 2.20. The Morgan fingerprint density at radius 1 is 1.71 bits per heavy atom. The molecule has 2 heterocycles. The number of thiazole rings is 1. The molecule has 0 saturated carbocycles. The molecule has 2 rings (SSSR count). The van der Waals surface area contributed by atoms with Crippen molar-refractivity contribution in [3.63, 3.8) is 0 Å². The number of rotatable bonds is 2. The van der Waals surface area contributed by atoms with Gasteiger partial charge in [-0.25, -0.2) is 4.98 Å². The van der Waals surface area contributed by atoms with E-state index in [9.17, 15) is 0 Å². The number of nitrogens with two attached hydrogens (primary N) is 1. The van der Waals surface area contributed by atoms with Crippen LogP contribution in [0.25, 0.3) is 0 Å². The topological polar surface area (TPSA) is 48.1 Å². The number of ether oxygens (including phenoxy) is 1. The third kappa shape index (κ3) is 1.69. The van der Waals surface area contributed by atoms with Crippen LogP contribution in [0.1, 0.15) is 43.4 Å². The SMILES string of the molecule is CC(N)c1csc(C2(C)CCCO2)n1. The van der Waals surface area contributed by atoms with Gasteiger partial charge in [-0.1, -0.05) is 0 Å². The molecule has 4 heteroatoms. The van der Waals surface area contributed by atoms with Gasteiger partial charge in [0.05, 0.1) is 5.69 Å². The van der Waals surface area contributed by atoms with Crippen LogP contribution in [0.3, 0.4) is 0 Å². The molecule has 0 aromatic carbocycles. The molecule has 1 saturated heterocycles. The Morgan fingerprint density at radius 2 is 2.50 bits per heavy atom. The lowest BCUT2D eigenvalue weighted by atomic mass is 10.0. The molecular weight excluding hydrogens is 196 g/mol. The Bertz CT molecular complexity index is 316. The van der Waals surface area contributed by atoms with Crippen LogP contribution in [-0.4, -0.2) is 11.6 Å². The van der Waals surface area contributed by atoms with Crippen molar-refractivity contribution in [1.82, 2.24) is 4.98 Å². The molecular formula is C10H16N2OS. The number of hydrogen-bond acceptors (Lipinski definition) is 4. The fourth-order valence-corrected chi connectivity index (χ4v) is 2.75. The van der Waals surface area contributed by atoms with E-state index in [1.165, 1.54) is 0 Å². The summed E-state index contributed by atoms with van der Waals surface area (Å²) >= 11 is 1.66. The van der Waals surface area contributed by atoms with E-state index in [-0.39, 0.29) is 11.6 Å². The smallest absolute Gasteiger partial charge is 0.125 e. The third-order valence-corrected chi connectivity index (χ3v) is 3.77. The van der Waals surface area contributed by atoms with Crippen LogP contribution in [0.4, 0.5) is 0 Å². The maximum atomic E-state index is 5.77. The highest BCUT2D eigenvalue weighted by Gasteiger charge is 2.34. The van der Waals surface area contributed by atoms with Crippen molar-refractivity contribution in [3.05, 3.63) is 16.1 Å². The zero-order valence-corrected chi connectivity index (χ0v) is 9.43. The molecule has 78 valence electrons. The lowest BCUT2D eigenvalue weighted by Gasteiger charge is -2.19. The second-order valence-corrected chi connectivity index (χ2v) is 4.91. The van der Waals surface area contributed by atoms with Crippen molar-refractivity contribution in [2.75, 3.05) is 6.61 Å². The van der Waals surface area contributed by atoms with Crippen LogP contribution in [-0.2, 0) is 10.3 Å². The summed E-state index contributed by atoms with van der Waals surface area (Å²) in [5.74, 6) is 0. The van der Waals surface area contributed by atoms with E-state index >= 15 is 0 Å². The van der Waals surface area contributed by atoms with Crippen molar-refractivity contribution in [2.24, 2.45) is 5.73 Å². The maximum absolute atomic E-state index is 5.77. The van der Waals surface area contributed by atoms with Gasteiger partial charge in [0.1, 0.15) is 10.6 Å². The number of nitrogens with zero attached hydrogens (tertiary/aromatic N) is 1. The standard InChI is InChI=1S/C10H16N2OS/c1-7(11)8-6-14-9(12-8)10(2)4-3-5-13-10/h6-7H,3-5,11H2,1-2H3. The second kappa shape index (κ2) is 3.61. The zero-order chi connectivity index (χ0) is 10.2. The molecule has 1 aliphatic rings. The minimum absolute atomic E-state index is 0.0185. The first-order valence-electron chi connectivity index (χ1n) is 4.97. The first-order chi connectivity index (χ1) is 6.62. The molecule has 0 spiro atoms. The van der Waals surface area contributed by atoms with E-state index < -0.39 is 0 Å². The molecule has 3 nitrogen and oxygen atoms in total. The van der Waals surface area contributed by atoms with E-state index in [2.05, 4.69) is 11.9 Å². The summed E-state index contributed by atoms with van der Waals surface area (Å²) in [7, 11) is 0. The van der Waals surface area contributed by atoms with Crippen molar-refractivity contribution in [3.8, 4) is 0 Å². The van der Waals surface area contributed by atoms with Gasteiger partial charge in [-0.05, 0) is 26.7 Å². The normalized spacial score (nSPS) is 29.4. The molecule has 1 aromatic rings. The number of aromatic nitrogens is 1. The average molecular weight is 212 g/mol.